The summed E-state index contributed by atoms with van der Waals surface area (Å²) in [6.45, 7) is 0. The van der Waals surface area contributed by atoms with E-state index < -0.39 is 0 Å². The number of hydrogen-bond donors (Lipinski definition) is 0. The number of aromatic nitrogens is 2. The second kappa shape index (κ2) is 3.94. The summed E-state index contributed by atoms with van der Waals surface area (Å²) in [6, 6.07) is 8.50. The van der Waals surface area contributed by atoms with Gasteiger partial charge in [0.05, 0.1) is 5.69 Å². The smallest absolute Gasteiger partial charge is 0.267 e. The average Bonchev–Trinajstić information content (AvgIpc) is 2.23. The molecule has 0 amide bonds. The van der Waals surface area contributed by atoms with Gasteiger partial charge in [0.1, 0.15) is 10.4 Å². The van der Waals surface area contributed by atoms with E-state index in [4.69, 9.17) is 0 Å². The van der Waals surface area contributed by atoms with Crippen LogP contribution in [0.25, 0.3) is 5.69 Å². The molecule has 0 radical (unpaired) electrons. The first kappa shape index (κ1) is 10.0. The zero-order valence-corrected chi connectivity index (χ0v) is 9.11. The fourth-order valence-electron chi connectivity index (χ4n) is 1.16. The van der Waals surface area contributed by atoms with E-state index in [1.165, 1.54) is 35.0 Å². The van der Waals surface area contributed by atoms with Gasteiger partial charge in [-0.1, -0.05) is 0 Å². The van der Waals surface area contributed by atoms with Gasteiger partial charge in [-0.15, -0.1) is 0 Å². The third-order valence-corrected chi connectivity index (χ3v) is 2.26. The van der Waals surface area contributed by atoms with Crippen LogP contribution in [0.3, 0.4) is 0 Å². The molecule has 5 heteroatoms. The second-order valence-electron chi connectivity index (χ2n) is 2.88. The summed E-state index contributed by atoms with van der Waals surface area (Å²) in [5.41, 5.74) is 0.271. The lowest BCUT2D eigenvalue weighted by Gasteiger charge is -2.03. The second-order valence-corrected chi connectivity index (χ2v) is 3.69. The highest BCUT2D eigenvalue weighted by Crippen LogP contribution is 2.07. The van der Waals surface area contributed by atoms with Crippen molar-refractivity contribution >= 4 is 15.9 Å². The molecule has 0 aliphatic carbocycles. The van der Waals surface area contributed by atoms with Crippen molar-refractivity contribution in [3.8, 4) is 5.69 Å². The van der Waals surface area contributed by atoms with Crippen molar-refractivity contribution in [3.63, 3.8) is 0 Å². The molecule has 3 nitrogen and oxygen atoms in total. The van der Waals surface area contributed by atoms with E-state index in [0.717, 1.165) is 0 Å². The van der Waals surface area contributed by atoms with Crippen molar-refractivity contribution in [2.45, 2.75) is 0 Å². The summed E-state index contributed by atoms with van der Waals surface area (Å²) < 4.78 is 14.4. The van der Waals surface area contributed by atoms with Crippen molar-refractivity contribution in [1.82, 2.24) is 9.78 Å². The Kier molecular flexibility index (Phi) is 2.64. The Balaban J connectivity index is 2.58. The molecule has 0 bridgehead atoms. The van der Waals surface area contributed by atoms with Gasteiger partial charge in [0.15, 0.2) is 0 Å². The molecule has 0 unspecified atom stereocenters. The van der Waals surface area contributed by atoms with E-state index in [1.807, 2.05) is 0 Å². The van der Waals surface area contributed by atoms with E-state index in [2.05, 4.69) is 21.0 Å². The molecule has 1 aromatic heterocycles. The molecule has 0 aliphatic rings. The van der Waals surface area contributed by atoms with Gasteiger partial charge in [0.2, 0.25) is 0 Å². The van der Waals surface area contributed by atoms with Gasteiger partial charge in [-0.2, -0.15) is 9.78 Å². The Morgan fingerprint density at radius 2 is 1.80 bits per heavy atom. The Hall–Kier alpha value is -1.49. The minimum Gasteiger partial charge on any atom is -0.267 e. The first-order valence-corrected chi connectivity index (χ1v) is 4.98. The lowest BCUT2D eigenvalue weighted by molar-refractivity contribution is 0.626. The topological polar surface area (TPSA) is 34.9 Å². The molecule has 1 heterocycles. The maximum atomic E-state index is 12.7. The molecule has 0 fully saturated rings. The Labute approximate surface area is 93.3 Å². The maximum Gasteiger partial charge on any atom is 0.271 e. The standard InChI is InChI=1S/C10H6BrFN2O/c11-9-5-6-10(15)14(13-9)8-3-1-7(12)2-4-8/h1-6H. The van der Waals surface area contributed by atoms with Crippen LogP contribution in [0.2, 0.25) is 0 Å². The number of halogens is 2. The quantitative estimate of drug-likeness (QED) is 0.794. The minimum absolute atomic E-state index is 0.259. The summed E-state index contributed by atoms with van der Waals surface area (Å²) in [5.74, 6) is -0.346. The average molecular weight is 269 g/mol. The molecule has 0 aliphatic heterocycles. The van der Waals surface area contributed by atoms with Crippen LogP contribution < -0.4 is 5.56 Å². The summed E-state index contributed by atoms with van der Waals surface area (Å²) >= 11 is 3.16. The molecule has 0 saturated carbocycles. The fraction of sp³-hybridized carbons (Fsp3) is 0. The molecule has 1 aromatic carbocycles. The van der Waals surface area contributed by atoms with E-state index in [1.54, 1.807) is 6.07 Å². The third-order valence-electron chi connectivity index (χ3n) is 1.84. The van der Waals surface area contributed by atoms with Crippen molar-refractivity contribution in [3.05, 3.63) is 57.2 Å². The van der Waals surface area contributed by atoms with E-state index in [-0.39, 0.29) is 11.4 Å². The molecular formula is C10H6BrFN2O. The summed E-state index contributed by atoms with van der Waals surface area (Å²) in [4.78, 5) is 11.4. The number of benzene rings is 1. The highest BCUT2D eigenvalue weighted by atomic mass is 79.9. The van der Waals surface area contributed by atoms with Crippen molar-refractivity contribution < 1.29 is 4.39 Å². The lowest BCUT2D eigenvalue weighted by Crippen LogP contribution is -2.19. The van der Waals surface area contributed by atoms with Gasteiger partial charge in [-0.25, -0.2) is 4.39 Å². The Morgan fingerprint density at radius 1 is 1.13 bits per heavy atom. The van der Waals surface area contributed by atoms with Crippen molar-refractivity contribution in [2.24, 2.45) is 0 Å². The van der Waals surface area contributed by atoms with Crippen LogP contribution in [0.15, 0.2) is 45.8 Å². The van der Waals surface area contributed by atoms with Gasteiger partial charge in [-0.05, 0) is 46.3 Å². The zero-order valence-electron chi connectivity index (χ0n) is 7.52. The number of hydrogen-bond acceptors (Lipinski definition) is 2. The van der Waals surface area contributed by atoms with Crippen LogP contribution in [0, 0.1) is 5.82 Å². The van der Waals surface area contributed by atoms with Crippen LogP contribution in [0.1, 0.15) is 0 Å². The third kappa shape index (κ3) is 2.12. The van der Waals surface area contributed by atoms with Gasteiger partial charge < -0.3 is 0 Å². The molecule has 76 valence electrons. The number of nitrogens with zero attached hydrogens (tertiary/aromatic N) is 2. The minimum atomic E-state index is -0.346. The van der Waals surface area contributed by atoms with E-state index in [9.17, 15) is 9.18 Å². The summed E-state index contributed by atoms with van der Waals surface area (Å²) in [6.07, 6.45) is 0. The lowest BCUT2D eigenvalue weighted by atomic mass is 10.3. The molecule has 15 heavy (non-hydrogen) atoms. The number of rotatable bonds is 1. The first-order valence-electron chi connectivity index (χ1n) is 4.18. The predicted molar refractivity (Wildman–Crippen MR) is 57.5 cm³/mol. The first-order chi connectivity index (χ1) is 7.16. The SMILES string of the molecule is O=c1ccc(Br)nn1-c1ccc(F)cc1. The van der Waals surface area contributed by atoms with Gasteiger partial charge in [0.25, 0.3) is 5.56 Å². The van der Waals surface area contributed by atoms with Gasteiger partial charge in [0, 0.05) is 6.07 Å². The molecular weight excluding hydrogens is 263 g/mol. The van der Waals surface area contributed by atoms with E-state index in [0.29, 0.717) is 10.3 Å². The Bertz CT molecular complexity index is 536. The van der Waals surface area contributed by atoms with Crippen LogP contribution in [-0.2, 0) is 0 Å². The fourth-order valence-corrected chi connectivity index (χ4v) is 1.45. The van der Waals surface area contributed by atoms with Crippen molar-refractivity contribution in [1.29, 1.82) is 0 Å². The molecule has 2 rings (SSSR count). The molecule has 0 spiro atoms. The summed E-state index contributed by atoms with van der Waals surface area (Å²) in [7, 11) is 0. The largest absolute Gasteiger partial charge is 0.271 e. The molecule has 0 N–H and O–H groups in total. The molecule has 0 saturated heterocycles. The predicted octanol–water partition coefficient (Wildman–Crippen LogP) is 2.13. The molecule has 2 aromatic rings. The Morgan fingerprint density at radius 3 is 2.47 bits per heavy atom. The normalized spacial score (nSPS) is 10.3. The van der Waals surface area contributed by atoms with Crippen LogP contribution in [0.4, 0.5) is 4.39 Å². The monoisotopic (exact) mass is 268 g/mol. The maximum absolute atomic E-state index is 12.7. The van der Waals surface area contributed by atoms with Crippen LogP contribution in [-0.4, -0.2) is 9.78 Å². The van der Waals surface area contributed by atoms with Crippen LogP contribution in [0.5, 0.6) is 0 Å². The van der Waals surface area contributed by atoms with Gasteiger partial charge in [-0.3, -0.25) is 4.79 Å². The summed E-state index contributed by atoms with van der Waals surface area (Å²) in [5, 5.41) is 3.97. The van der Waals surface area contributed by atoms with E-state index >= 15 is 0 Å². The zero-order chi connectivity index (χ0) is 10.8. The van der Waals surface area contributed by atoms with Gasteiger partial charge >= 0.3 is 0 Å². The highest BCUT2D eigenvalue weighted by molar-refractivity contribution is 9.10. The highest BCUT2D eigenvalue weighted by Gasteiger charge is 2.01. The molecule has 0 atom stereocenters. The van der Waals surface area contributed by atoms with Crippen LogP contribution >= 0.6 is 15.9 Å². The van der Waals surface area contributed by atoms with Crippen molar-refractivity contribution in [2.75, 3.05) is 0 Å².